The van der Waals surface area contributed by atoms with E-state index in [0.717, 1.165) is 17.4 Å². The van der Waals surface area contributed by atoms with Crippen LogP contribution in [-0.2, 0) is 22.6 Å². The van der Waals surface area contributed by atoms with Crippen molar-refractivity contribution < 1.29 is 22.6 Å². The van der Waals surface area contributed by atoms with Crippen LogP contribution in [0.3, 0.4) is 0 Å². The van der Waals surface area contributed by atoms with E-state index >= 15 is 0 Å². The number of hydrogen-bond acceptors (Lipinski definition) is 1. The Morgan fingerprint density at radius 2 is 1.20 bits per heavy atom. The van der Waals surface area contributed by atoms with Gasteiger partial charge in [0.1, 0.15) is 0 Å². The summed E-state index contributed by atoms with van der Waals surface area (Å²) in [4.78, 5) is 10.7. The molecule has 30 heavy (non-hydrogen) atoms. The minimum absolute atomic E-state index is 0.446. The van der Waals surface area contributed by atoms with Crippen molar-refractivity contribution in [2.24, 2.45) is 17.8 Å². The predicted molar refractivity (Wildman–Crippen MR) is 144 cm³/mol. The zero-order chi connectivity index (χ0) is 23.4. The number of carbonyl (C=O) groups excluding carboxylic acids is 1. The van der Waals surface area contributed by atoms with Crippen molar-refractivity contribution in [2.75, 3.05) is 37.0 Å². The topological polar surface area (TPSA) is 17.1 Å². The first kappa shape index (κ1) is 33.6. The molecule has 0 aliphatic heterocycles. The van der Waals surface area contributed by atoms with Crippen LogP contribution in [0, 0.1) is 17.8 Å². The molecule has 0 saturated heterocycles. The summed E-state index contributed by atoms with van der Waals surface area (Å²) in [7, 11) is 0.892. The fourth-order valence-electron chi connectivity index (χ4n) is 4.79. The Hall–Kier alpha value is 1.44. The quantitative estimate of drug-likeness (QED) is 0.140. The van der Waals surface area contributed by atoms with Gasteiger partial charge in [0.05, 0.1) is 0 Å². The maximum absolute atomic E-state index is 10.7. The van der Waals surface area contributed by atoms with E-state index in [0.29, 0.717) is 21.8 Å². The summed E-state index contributed by atoms with van der Waals surface area (Å²) in [6.45, 7) is 17.6. The molecule has 0 aromatic carbocycles. The van der Waals surface area contributed by atoms with Crippen LogP contribution in [-0.4, -0.2) is 43.3 Å². The van der Waals surface area contributed by atoms with Gasteiger partial charge in [-0.1, -0.05) is 73.6 Å². The molecule has 2 saturated carbocycles. The summed E-state index contributed by atoms with van der Waals surface area (Å²) in [5, 5.41) is 0. The number of rotatable bonds is 8. The molecule has 5 heteroatoms. The zero-order valence-corrected chi connectivity index (χ0v) is 26.3. The first-order chi connectivity index (χ1) is 14.5. The van der Waals surface area contributed by atoms with Crippen LogP contribution in [0.2, 0.25) is 0 Å². The molecule has 3 unspecified atom stereocenters. The predicted octanol–water partition coefficient (Wildman–Crippen LogP) is 9.16. The van der Waals surface area contributed by atoms with E-state index in [2.05, 4.69) is 61.4 Å². The second-order valence-corrected chi connectivity index (χ2v) is 14.6. The van der Waals surface area contributed by atoms with Crippen LogP contribution in [0.15, 0.2) is 12.2 Å². The summed E-state index contributed by atoms with van der Waals surface area (Å²) < 4.78 is 0. The Labute approximate surface area is 210 Å². The third-order valence-electron chi connectivity index (χ3n) is 6.84. The van der Waals surface area contributed by atoms with Gasteiger partial charge in [-0.05, 0) is 73.9 Å². The van der Waals surface area contributed by atoms with Crippen LogP contribution in [0.4, 0.5) is 0 Å². The zero-order valence-electron chi connectivity index (χ0n) is 20.6. The molecule has 0 spiro atoms. The van der Waals surface area contributed by atoms with Crippen LogP contribution >= 0.6 is 29.1 Å². The molecular weight excluding hydrogens is 653 g/mol. The number of fused-ring (bicyclic) bond motifs is 1. The minimum atomic E-state index is 0.446. The van der Waals surface area contributed by atoms with Gasteiger partial charge in [-0.2, -0.15) is 5.57 Å². The Bertz CT molecular complexity index is 376. The van der Waals surface area contributed by atoms with Crippen molar-refractivity contribution >= 4 is 35.4 Å². The molecule has 2 rings (SSSR count). The van der Waals surface area contributed by atoms with Gasteiger partial charge in [-0.3, -0.25) is 0 Å². The summed E-state index contributed by atoms with van der Waals surface area (Å²) in [6, 6.07) is 0. The Morgan fingerprint density at radius 1 is 0.800 bits per heavy atom. The van der Waals surface area contributed by atoms with Crippen molar-refractivity contribution in [3.05, 3.63) is 12.2 Å². The van der Waals surface area contributed by atoms with Crippen molar-refractivity contribution in [3.63, 3.8) is 0 Å². The molecule has 0 aromatic rings. The number of halogens is 1. The molecular formula is C25H49BrOP2Pt. The van der Waals surface area contributed by atoms with Crippen molar-refractivity contribution in [1.29, 1.82) is 0 Å². The van der Waals surface area contributed by atoms with E-state index in [1.165, 1.54) is 81.9 Å². The van der Waals surface area contributed by atoms with E-state index in [-0.39, 0.29) is 0 Å². The first-order valence-electron chi connectivity index (χ1n) is 12.2. The van der Waals surface area contributed by atoms with E-state index in [9.17, 15) is 4.79 Å². The van der Waals surface area contributed by atoms with Gasteiger partial charge in [-0.25, -0.2) is 6.58 Å². The maximum atomic E-state index is 10.7. The molecule has 2 fully saturated rings. The molecule has 182 valence electrons. The van der Waals surface area contributed by atoms with Gasteiger partial charge in [-0.15, -0.1) is 15.8 Å². The third-order valence-corrected chi connectivity index (χ3v) is 12.2. The average Bonchev–Trinajstić information content (AvgIpc) is 2.82. The third kappa shape index (κ3) is 14.6. The van der Waals surface area contributed by atoms with Crippen LogP contribution in [0.5, 0.6) is 0 Å². The molecule has 2 aliphatic rings. The fraction of sp³-hybridized carbons (Fsp3) is 0.880. The first-order valence-corrected chi connectivity index (χ1v) is 20.9. The van der Waals surface area contributed by atoms with E-state index in [4.69, 9.17) is 0 Å². The fourth-order valence-corrected chi connectivity index (χ4v) is 7.47. The SMILES string of the molecule is C=C([C-]=O)C1CCCC2CCCCC21.CCP(CC)CC.CCP(CC)CC.[Br][Pt+]. The van der Waals surface area contributed by atoms with E-state index in [1.807, 2.05) is 24.0 Å². The Balaban J connectivity index is 0. The van der Waals surface area contributed by atoms with E-state index < -0.39 is 0 Å². The van der Waals surface area contributed by atoms with Gasteiger partial charge in [0.2, 0.25) is 0 Å². The summed E-state index contributed by atoms with van der Waals surface area (Å²) in [6.07, 6.45) is 19.8. The molecule has 1 nitrogen and oxygen atoms in total. The average molecular weight is 703 g/mol. The second kappa shape index (κ2) is 23.6. The molecule has 0 amide bonds. The molecule has 3 atom stereocenters. The molecule has 2 aliphatic carbocycles. The normalized spacial score (nSPS) is 22.4. The number of hydrogen-bond donors (Lipinski definition) is 0. The van der Waals surface area contributed by atoms with Crippen LogP contribution in [0.1, 0.15) is 86.5 Å². The van der Waals surface area contributed by atoms with Gasteiger partial charge in [0.25, 0.3) is 0 Å². The summed E-state index contributed by atoms with van der Waals surface area (Å²) in [5.74, 6) is 2.10. The van der Waals surface area contributed by atoms with Crippen LogP contribution in [0.25, 0.3) is 0 Å². The monoisotopic (exact) mass is 701 g/mol. The van der Waals surface area contributed by atoms with Gasteiger partial charge in [0.15, 0.2) is 0 Å². The Morgan fingerprint density at radius 3 is 1.57 bits per heavy atom. The van der Waals surface area contributed by atoms with Crippen LogP contribution < -0.4 is 0 Å². The standard InChI is InChI=1S/C13H19O.2C6H15P.BrH.Pt/c1-10(9-14)12-8-4-6-11-5-2-3-7-13(11)12;2*1-4-7(5-2)6-3;;/h11-13H,1-8H2;2*4-6H2,1-3H3;1H;/q-1;;;;+2/p-1. The Kier molecular flexibility index (Phi) is 26.4. The number of allylic oxidation sites excluding steroid dienone is 1. The summed E-state index contributed by atoms with van der Waals surface area (Å²) >= 11 is 4.86. The van der Waals surface area contributed by atoms with Crippen molar-refractivity contribution in [3.8, 4) is 0 Å². The molecule has 0 radical (unpaired) electrons. The summed E-state index contributed by atoms with van der Waals surface area (Å²) in [5.41, 5.74) is 0.738. The van der Waals surface area contributed by atoms with Gasteiger partial charge >= 0.3 is 31.1 Å². The van der Waals surface area contributed by atoms with E-state index in [1.54, 1.807) is 0 Å². The van der Waals surface area contributed by atoms with Gasteiger partial charge < -0.3 is 4.79 Å². The second-order valence-electron chi connectivity index (χ2n) is 8.11. The molecule has 0 bridgehead atoms. The van der Waals surface area contributed by atoms with Gasteiger partial charge in [0, 0.05) is 0 Å². The van der Waals surface area contributed by atoms with Crippen molar-refractivity contribution in [1.82, 2.24) is 0 Å². The molecule has 0 aromatic heterocycles. The molecule has 0 heterocycles. The van der Waals surface area contributed by atoms with Crippen molar-refractivity contribution in [2.45, 2.75) is 86.5 Å². The molecule has 0 N–H and O–H groups in total.